The molecule has 2 heterocycles. The first-order valence-electron chi connectivity index (χ1n) is 8.70. The lowest BCUT2D eigenvalue weighted by Gasteiger charge is -2.00. The van der Waals surface area contributed by atoms with Crippen molar-refractivity contribution in [3.8, 4) is 0 Å². The third kappa shape index (κ3) is 2.50. The quantitative estimate of drug-likeness (QED) is 0.433. The van der Waals surface area contributed by atoms with Gasteiger partial charge in [0.25, 0.3) is 5.91 Å². The highest BCUT2D eigenvalue weighted by Crippen LogP contribution is 2.27. The number of carbonyl (C=O) groups is 1. The van der Waals surface area contributed by atoms with Crippen molar-refractivity contribution in [2.24, 2.45) is 12.0 Å². The molecule has 5 nitrogen and oxygen atoms in total. The van der Waals surface area contributed by atoms with E-state index in [2.05, 4.69) is 17.1 Å². The summed E-state index contributed by atoms with van der Waals surface area (Å²) in [7, 11) is 1.86. The van der Waals surface area contributed by atoms with E-state index in [1.54, 1.807) is 24.3 Å². The number of hydrogen-bond acceptors (Lipinski definition) is 4. The van der Waals surface area contributed by atoms with Gasteiger partial charge in [0.2, 0.25) is 5.43 Å². The summed E-state index contributed by atoms with van der Waals surface area (Å²) in [6, 6.07) is 19.0. The Morgan fingerprint density at radius 1 is 1.00 bits per heavy atom. The first-order valence-corrected chi connectivity index (χ1v) is 9.52. The average Bonchev–Trinajstić information content (AvgIpc) is 3.04. The maximum atomic E-state index is 12.7. The van der Waals surface area contributed by atoms with Crippen LogP contribution < -0.4 is 10.2 Å². The van der Waals surface area contributed by atoms with Gasteiger partial charge in [-0.15, -0.1) is 0 Å². The zero-order valence-electron chi connectivity index (χ0n) is 14.9. The van der Waals surface area contributed by atoms with Crippen LogP contribution in [0.4, 0.5) is 0 Å². The first-order chi connectivity index (χ1) is 13.6. The molecule has 0 saturated heterocycles. The zero-order chi connectivity index (χ0) is 19.3. The highest BCUT2D eigenvalue weighted by Gasteiger charge is 2.15. The van der Waals surface area contributed by atoms with Gasteiger partial charge in [0.05, 0.1) is 15.6 Å². The minimum atomic E-state index is -0.606. The number of hydrogen-bond donors (Lipinski definition) is 0. The Bertz CT molecular complexity index is 1520. The van der Waals surface area contributed by atoms with Crippen LogP contribution in [-0.4, -0.2) is 10.5 Å². The maximum Gasteiger partial charge on any atom is 0.286 e. The van der Waals surface area contributed by atoms with E-state index < -0.39 is 5.91 Å². The molecule has 5 aromatic rings. The van der Waals surface area contributed by atoms with E-state index in [0.717, 1.165) is 21.0 Å². The normalized spacial score (nSPS) is 12.2. The molecule has 28 heavy (non-hydrogen) atoms. The van der Waals surface area contributed by atoms with Crippen molar-refractivity contribution < 1.29 is 9.21 Å². The second-order valence-corrected chi connectivity index (χ2v) is 7.45. The van der Waals surface area contributed by atoms with E-state index in [9.17, 15) is 9.59 Å². The number of aromatic nitrogens is 1. The summed E-state index contributed by atoms with van der Waals surface area (Å²) < 4.78 is 8.37. The molecule has 0 bridgehead atoms. The monoisotopic (exact) mass is 386 g/mol. The molecule has 0 fully saturated rings. The van der Waals surface area contributed by atoms with Crippen LogP contribution >= 0.6 is 11.3 Å². The Balaban J connectivity index is 1.71. The minimum absolute atomic E-state index is 0.0685. The summed E-state index contributed by atoms with van der Waals surface area (Å²) in [4.78, 5) is 30.1. The first kappa shape index (κ1) is 16.6. The number of aryl methyl sites for hydroxylation is 1. The Labute approximate surface area is 162 Å². The topological polar surface area (TPSA) is 64.6 Å². The standard InChI is InChI=1S/C22H14N2O3S/c1-24-17-11-10-13-6-2-3-7-14(13)20(17)28-22(24)23-21(26)16-12-27-18-9-5-4-8-15(18)19(16)25/h2-12H,1H3. The fourth-order valence-electron chi connectivity index (χ4n) is 3.34. The molecule has 0 saturated carbocycles. The number of nitrogens with zero attached hydrogens (tertiary/aromatic N) is 2. The van der Waals surface area contributed by atoms with Crippen molar-refractivity contribution in [2.45, 2.75) is 0 Å². The van der Waals surface area contributed by atoms with Crippen molar-refractivity contribution in [3.63, 3.8) is 0 Å². The fourth-order valence-corrected chi connectivity index (χ4v) is 4.49. The lowest BCUT2D eigenvalue weighted by atomic mass is 10.1. The van der Waals surface area contributed by atoms with Crippen LogP contribution in [0, 0.1) is 0 Å². The number of carbonyl (C=O) groups excluding carboxylic acids is 1. The predicted octanol–water partition coefficient (Wildman–Crippen LogP) is 4.24. The molecule has 5 rings (SSSR count). The molecule has 2 aromatic heterocycles. The second-order valence-electron chi connectivity index (χ2n) is 6.47. The van der Waals surface area contributed by atoms with Crippen LogP contribution in [0.2, 0.25) is 0 Å². The molecular weight excluding hydrogens is 372 g/mol. The molecule has 0 aliphatic rings. The summed E-state index contributed by atoms with van der Waals surface area (Å²) in [5, 5.41) is 2.61. The van der Waals surface area contributed by atoms with Gasteiger partial charge >= 0.3 is 0 Å². The number of rotatable bonds is 1. The molecule has 0 N–H and O–H groups in total. The van der Waals surface area contributed by atoms with Crippen molar-refractivity contribution in [1.29, 1.82) is 0 Å². The molecule has 0 aliphatic carbocycles. The fraction of sp³-hybridized carbons (Fsp3) is 0.0455. The Morgan fingerprint density at radius 3 is 2.61 bits per heavy atom. The summed E-state index contributed by atoms with van der Waals surface area (Å²) in [6.45, 7) is 0. The van der Waals surface area contributed by atoms with Gasteiger partial charge < -0.3 is 8.98 Å². The summed E-state index contributed by atoms with van der Waals surface area (Å²) in [5.74, 6) is -0.606. The van der Waals surface area contributed by atoms with Crippen molar-refractivity contribution >= 4 is 49.2 Å². The lowest BCUT2D eigenvalue weighted by molar-refractivity contribution is 0.0995. The lowest BCUT2D eigenvalue weighted by Crippen LogP contribution is -2.18. The highest BCUT2D eigenvalue weighted by atomic mass is 32.1. The highest BCUT2D eigenvalue weighted by molar-refractivity contribution is 7.17. The van der Waals surface area contributed by atoms with Gasteiger partial charge in [-0.25, -0.2) is 0 Å². The van der Waals surface area contributed by atoms with Crippen molar-refractivity contribution in [3.05, 3.63) is 87.5 Å². The average molecular weight is 386 g/mol. The largest absolute Gasteiger partial charge is 0.463 e. The van der Waals surface area contributed by atoms with E-state index in [4.69, 9.17) is 4.42 Å². The van der Waals surface area contributed by atoms with Crippen molar-refractivity contribution in [2.75, 3.05) is 0 Å². The Hall–Kier alpha value is -3.51. The molecule has 3 aromatic carbocycles. The minimum Gasteiger partial charge on any atom is -0.463 e. The molecular formula is C22H14N2O3S. The van der Waals surface area contributed by atoms with E-state index >= 15 is 0 Å². The van der Waals surface area contributed by atoms with Gasteiger partial charge in [0, 0.05) is 12.4 Å². The van der Waals surface area contributed by atoms with E-state index in [1.165, 1.54) is 17.6 Å². The van der Waals surface area contributed by atoms with Gasteiger partial charge in [-0.1, -0.05) is 53.8 Å². The third-order valence-electron chi connectivity index (χ3n) is 4.81. The summed E-state index contributed by atoms with van der Waals surface area (Å²) in [5.41, 5.74) is 0.995. The van der Waals surface area contributed by atoms with Crippen LogP contribution in [0.5, 0.6) is 0 Å². The van der Waals surface area contributed by atoms with Gasteiger partial charge in [-0.3, -0.25) is 9.59 Å². The van der Waals surface area contributed by atoms with Gasteiger partial charge in [-0.05, 0) is 23.6 Å². The number of fused-ring (bicyclic) bond motifs is 4. The SMILES string of the molecule is Cn1c(=NC(=O)c2coc3ccccc3c2=O)sc2c3ccccc3ccc21. The zero-order valence-corrected chi connectivity index (χ0v) is 15.7. The van der Waals surface area contributed by atoms with Gasteiger partial charge in [0.1, 0.15) is 17.4 Å². The molecule has 0 radical (unpaired) electrons. The maximum absolute atomic E-state index is 12.7. The number of para-hydroxylation sites is 1. The van der Waals surface area contributed by atoms with Crippen molar-refractivity contribution in [1.82, 2.24) is 4.57 Å². The molecule has 6 heteroatoms. The number of amides is 1. The van der Waals surface area contributed by atoms with Crippen LogP contribution in [0.15, 0.2) is 81.1 Å². The molecule has 0 atom stereocenters. The Kier molecular flexibility index (Phi) is 3.74. The summed E-state index contributed by atoms with van der Waals surface area (Å²) >= 11 is 1.43. The van der Waals surface area contributed by atoms with Crippen LogP contribution in [0.25, 0.3) is 32.0 Å². The number of benzene rings is 3. The smallest absolute Gasteiger partial charge is 0.286 e. The summed E-state index contributed by atoms with van der Waals surface area (Å²) in [6.07, 6.45) is 1.19. The van der Waals surface area contributed by atoms with Crippen LogP contribution in [-0.2, 0) is 7.05 Å². The van der Waals surface area contributed by atoms with E-state index in [-0.39, 0.29) is 11.0 Å². The molecule has 0 spiro atoms. The third-order valence-corrected chi connectivity index (χ3v) is 5.99. The second kappa shape index (κ2) is 6.28. The predicted molar refractivity (Wildman–Crippen MR) is 111 cm³/mol. The Morgan fingerprint density at radius 2 is 1.75 bits per heavy atom. The number of thiazole rings is 1. The van der Waals surface area contributed by atoms with Gasteiger partial charge in [0.15, 0.2) is 4.80 Å². The molecule has 136 valence electrons. The molecule has 1 amide bonds. The van der Waals surface area contributed by atoms with E-state index in [0.29, 0.717) is 15.8 Å². The van der Waals surface area contributed by atoms with Crippen LogP contribution in [0.3, 0.4) is 0 Å². The molecule has 0 aliphatic heterocycles. The van der Waals surface area contributed by atoms with E-state index in [1.807, 2.05) is 35.9 Å². The van der Waals surface area contributed by atoms with Crippen LogP contribution in [0.1, 0.15) is 10.4 Å². The molecule has 0 unspecified atom stereocenters. The van der Waals surface area contributed by atoms with Gasteiger partial charge in [-0.2, -0.15) is 4.99 Å².